The summed E-state index contributed by atoms with van der Waals surface area (Å²) in [6.07, 6.45) is -9.29. The molecule has 0 aromatic heterocycles. The quantitative estimate of drug-likeness (QED) is 0.763. The van der Waals surface area contributed by atoms with Crippen LogP contribution in [0.3, 0.4) is 0 Å². The molecule has 1 aromatic carbocycles. The molecule has 0 saturated carbocycles. The highest BCUT2D eigenvalue weighted by atomic mass is 19.4. The van der Waals surface area contributed by atoms with E-state index in [4.69, 9.17) is 0 Å². The van der Waals surface area contributed by atoms with Gasteiger partial charge in [0.15, 0.2) is 0 Å². The first-order valence-electron chi connectivity index (χ1n) is 8.68. The monoisotopic (exact) mass is 410 g/mol. The van der Waals surface area contributed by atoms with Crippen LogP contribution in [-0.4, -0.2) is 35.8 Å². The molecule has 1 saturated heterocycles. The maximum Gasteiger partial charge on any atom is 0.416 e. The second-order valence-corrected chi connectivity index (χ2v) is 7.02. The Kier molecular flexibility index (Phi) is 6.30. The van der Waals surface area contributed by atoms with Gasteiger partial charge in [0, 0.05) is 30.6 Å². The minimum atomic E-state index is -5.02. The standard InChI is InChI=1S/C18H20F6N2O2/c1-10(2)16(28)26-5-3-14(4-6-26)25-15(27)11-7-12(17(19,20)21)9-13(8-11)18(22,23)24/h7-10,14H,3-6H2,1-2H3,(H,25,27). The zero-order valence-electron chi connectivity index (χ0n) is 15.2. The van der Waals surface area contributed by atoms with E-state index in [-0.39, 0.29) is 17.9 Å². The van der Waals surface area contributed by atoms with Crippen LogP contribution in [0.1, 0.15) is 48.2 Å². The van der Waals surface area contributed by atoms with Crippen molar-refractivity contribution in [1.82, 2.24) is 10.2 Å². The van der Waals surface area contributed by atoms with E-state index < -0.39 is 41.0 Å². The molecule has 0 bridgehead atoms. The lowest BCUT2D eigenvalue weighted by Gasteiger charge is -2.33. The largest absolute Gasteiger partial charge is 0.416 e. The molecule has 1 aromatic rings. The molecule has 0 unspecified atom stereocenters. The Bertz CT molecular complexity index is 702. The van der Waals surface area contributed by atoms with Crippen molar-refractivity contribution in [3.05, 3.63) is 34.9 Å². The van der Waals surface area contributed by atoms with E-state index in [1.807, 2.05) is 0 Å². The molecular formula is C18H20F6N2O2. The van der Waals surface area contributed by atoms with Crippen LogP contribution in [0.25, 0.3) is 0 Å². The Morgan fingerprint density at radius 2 is 1.43 bits per heavy atom. The topological polar surface area (TPSA) is 49.4 Å². The number of likely N-dealkylation sites (tertiary alicyclic amines) is 1. The lowest BCUT2D eigenvalue weighted by Crippen LogP contribution is -2.47. The van der Waals surface area contributed by atoms with Crippen LogP contribution in [0.5, 0.6) is 0 Å². The zero-order valence-corrected chi connectivity index (χ0v) is 15.2. The second kappa shape index (κ2) is 8.00. The van der Waals surface area contributed by atoms with E-state index in [1.54, 1.807) is 18.7 Å². The minimum Gasteiger partial charge on any atom is -0.349 e. The van der Waals surface area contributed by atoms with Crippen molar-refractivity contribution in [2.24, 2.45) is 5.92 Å². The van der Waals surface area contributed by atoms with Crippen LogP contribution in [0, 0.1) is 5.92 Å². The highest BCUT2D eigenvalue weighted by Gasteiger charge is 2.37. The lowest BCUT2D eigenvalue weighted by molar-refractivity contribution is -0.143. The van der Waals surface area contributed by atoms with Crippen molar-refractivity contribution in [1.29, 1.82) is 0 Å². The third kappa shape index (κ3) is 5.39. The third-order valence-corrected chi connectivity index (χ3v) is 4.49. The van der Waals surface area contributed by atoms with Crippen molar-refractivity contribution in [3.8, 4) is 0 Å². The molecule has 1 fully saturated rings. The molecular weight excluding hydrogens is 390 g/mol. The Morgan fingerprint density at radius 1 is 0.964 bits per heavy atom. The summed E-state index contributed by atoms with van der Waals surface area (Å²) in [5.74, 6) is -1.24. The lowest BCUT2D eigenvalue weighted by atomic mass is 10.0. The van der Waals surface area contributed by atoms with Gasteiger partial charge in [0.2, 0.25) is 5.91 Å². The van der Waals surface area contributed by atoms with Crippen LogP contribution in [0.4, 0.5) is 26.3 Å². The molecule has 28 heavy (non-hydrogen) atoms. The van der Waals surface area contributed by atoms with Crippen molar-refractivity contribution in [2.75, 3.05) is 13.1 Å². The summed E-state index contributed by atoms with van der Waals surface area (Å²) in [7, 11) is 0. The van der Waals surface area contributed by atoms with E-state index in [0.29, 0.717) is 38.1 Å². The van der Waals surface area contributed by atoms with Gasteiger partial charge in [-0.15, -0.1) is 0 Å². The average molecular weight is 410 g/mol. The Balaban J connectivity index is 2.13. The molecule has 1 aliphatic heterocycles. The summed E-state index contributed by atoms with van der Waals surface area (Å²) < 4.78 is 77.4. The van der Waals surface area contributed by atoms with Crippen LogP contribution < -0.4 is 5.32 Å². The van der Waals surface area contributed by atoms with Crippen LogP contribution in [-0.2, 0) is 17.1 Å². The summed E-state index contributed by atoms with van der Waals surface area (Å²) in [6, 6.07) is 0.351. The molecule has 0 spiro atoms. The van der Waals surface area contributed by atoms with E-state index in [2.05, 4.69) is 5.32 Å². The Morgan fingerprint density at radius 3 is 1.82 bits per heavy atom. The SMILES string of the molecule is CC(C)C(=O)N1CCC(NC(=O)c2cc(C(F)(F)F)cc(C(F)(F)F)c2)CC1. The van der Waals surface area contributed by atoms with Gasteiger partial charge in [-0.1, -0.05) is 13.8 Å². The summed E-state index contributed by atoms with van der Waals surface area (Å²) >= 11 is 0. The fraction of sp³-hybridized carbons (Fsp3) is 0.556. The fourth-order valence-corrected chi connectivity index (χ4v) is 2.96. The Labute approximate surface area is 157 Å². The molecule has 1 N–H and O–H groups in total. The van der Waals surface area contributed by atoms with Gasteiger partial charge in [-0.25, -0.2) is 0 Å². The van der Waals surface area contributed by atoms with Crippen LogP contribution in [0.15, 0.2) is 18.2 Å². The minimum absolute atomic E-state index is 0.0210. The number of halogens is 6. The van der Waals surface area contributed by atoms with Crippen LogP contribution in [0.2, 0.25) is 0 Å². The fourth-order valence-electron chi connectivity index (χ4n) is 2.96. The molecule has 1 aliphatic rings. The van der Waals surface area contributed by atoms with Gasteiger partial charge < -0.3 is 10.2 Å². The molecule has 0 aliphatic carbocycles. The van der Waals surface area contributed by atoms with Crippen molar-refractivity contribution >= 4 is 11.8 Å². The van der Waals surface area contributed by atoms with Crippen molar-refractivity contribution < 1.29 is 35.9 Å². The summed E-state index contributed by atoms with van der Waals surface area (Å²) in [5.41, 5.74) is -3.78. The highest BCUT2D eigenvalue weighted by molar-refractivity contribution is 5.95. The molecule has 1 heterocycles. The first kappa shape index (κ1) is 22.0. The maximum atomic E-state index is 12.9. The predicted molar refractivity (Wildman–Crippen MR) is 88.4 cm³/mol. The van der Waals surface area contributed by atoms with Gasteiger partial charge in [0.25, 0.3) is 5.91 Å². The number of benzene rings is 1. The summed E-state index contributed by atoms with van der Waals surface area (Å²) in [5, 5.41) is 2.47. The number of alkyl halides is 6. The molecule has 4 nitrogen and oxygen atoms in total. The number of rotatable bonds is 3. The average Bonchev–Trinajstić information content (AvgIpc) is 2.59. The van der Waals surface area contributed by atoms with Gasteiger partial charge >= 0.3 is 12.4 Å². The number of hydrogen-bond donors (Lipinski definition) is 1. The van der Waals surface area contributed by atoms with Crippen LogP contribution >= 0.6 is 0 Å². The number of carbonyl (C=O) groups is 2. The maximum absolute atomic E-state index is 12.9. The van der Waals surface area contributed by atoms with Gasteiger partial charge in [-0.3, -0.25) is 9.59 Å². The van der Waals surface area contributed by atoms with E-state index >= 15 is 0 Å². The number of nitrogens with one attached hydrogen (secondary N) is 1. The first-order chi connectivity index (χ1) is 12.8. The highest BCUT2D eigenvalue weighted by Crippen LogP contribution is 2.36. The first-order valence-corrected chi connectivity index (χ1v) is 8.68. The molecule has 156 valence electrons. The number of carbonyl (C=O) groups excluding carboxylic acids is 2. The van der Waals surface area contributed by atoms with E-state index in [1.165, 1.54) is 0 Å². The molecule has 0 atom stereocenters. The smallest absolute Gasteiger partial charge is 0.349 e. The van der Waals surface area contributed by atoms with Crippen molar-refractivity contribution in [3.63, 3.8) is 0 Å². The molecule has 2 amide bonds. The van der Waals surface area contributed by atoms with Gasteiger partial charge in [0.1, 0.15) is 0 Å². The molecule has 2 rings (SSSR count). The number of hydrogen-bond acceptors (Lipinski definition) is 2. The van der Waals surface area contributed by atoms with E-state index in [9.17, 15) is 35.9 Å². The summed E-state index contributed by atoms with van der Waals surface area (Å²) in [4.78, 5) is 25.8. The van der Waals surface area contributed by atoms with Crippen molar-refractivity contribution in [2.45, 2.75) is 45.1 Å². The van der Waals surface area contributed by atoms with Gasteiger partial charge in [-0.2, -0.15) is 26.3 Å². The third-order valence-electron chi connectivity index (χ3n) is 4.49. The summed E-state index contributed by atoms with van der Waals surface area (Å²) in [6.45, 7) is 4.22. The molecule has 0 radical (unpaired) electrons. The zero-order chi connectivity index (χ0) is 21.3. The predicted octanol–water partition coefficient (Wildman–Crippen LogP) is 4.10. The number of nitrogens with zero attached hydrogens (tertiary/aromatic N) is 1. The van der Waals surface area contributed by atoms with E-state index in [0.717, 1.165) is 0 Å². The number of amides is 2. The molecule has 10 heteroatoms. The number of piperidine rings is 1. The van der Waals surface area contributed by atoms with Gasteiger partial charge in [0.05, 0.1) is 11.1 Å². The normalized spacial score (nSPS) is 16.4. The Hall–Kier alpha value is -2.26. The van der Waals surface area contributed by atoms with Gasteiger partial charge in [-0.05, 0) is 31.0 Å². The second-order valence-electron chi connectivity index (χ2n) is 7.02.